The molecule has 0 aliphatic heterocycles. The van der Waals surface area contributed by atoms with E-state index in [1.54, 1.807) is 20.9 Å². The number of nitrogens with zero attached hydrogens (tertiary/aromatic N) is 2. The number of esters is 1. The molecule has 2 heterocycles. The van der Waals surface area contributed by atoms with Crippen LogP contribution in [0.15, 0.2) is 4.52 Å². The lowest BCUT2D eigenvalue weighted by Crippen LogP contribution is -2.08. The summed E-state index contributed by atoms with van der Waals surface area (Å²) in [7, 11) is 1.75. The molecule has 0 amide bonds. The van der Waals surface area contributed by atoms with Crippen LogP contribution in [0.5, 0.6) is 0 Å². The molecule has 0 aliphatic carbocycles. The summed E-state index contributed by atoms with van der Waals surface area (Å²) in [6, 6.07) is 0. The van der Waals surface area contributed by atoms with Gasteiger partial charge in [0.15, 0.2) is 0 Å². The van der Waals surface area contributed by atoms with Gasteiger partial charge in [-0.15, -0.1) is 0 Å². The van der Waals surface area contributed by atoms with Gasteiger partial charge in [0.2, 0.25) is 0 Å². The van der Waals surface area contributed by atoms with Crippen LogP contribution in [0.1, 0.15) is 33.1 Å². The Hall–Kier alpha value is -1.89. The summed E-state index contributed by atoms with van der Waals surface area (Å²) in [6.45, 7) is 5.54. The van der Waals surface area contributed by atoms with Crippen LogP contribution in [0.2, 0.25) is 0 Å². The molecule has 19 heavy (non-hydrogen) atoms. The van der Waals surface area contributed by atoms with Gasteiger partial charge in [0.05, 0.1) is 17.0 Å². The Kier molecular flexibility index (Phi) is 3.84. The van der Waals surface area contributed by atoms with E-state index in [9.17, 15) is 4.79 Å². The van der Waals surface area contributed by atoms with Crippen molar-refractivity contribution in [3.63, 3.8) is 0 Å². The van der Waals surface area contributed by atoms with Crippen molar-refractivity contribution in [2.24, 2.45) is 0 Å². The van der Waals surface area contributed by atoms with Crippen molar-refractivity contribution in [1.82, 2.24) is 9.53 Å². The third-order valence-electron chi connectivity index (χ3n) is 2.82. The van der Waals surface area contributed by atoms with Gasteiger partial charge in [-0.05, 0) is 32.3 Å². The minimum atomic E-state index is -0.393. The highest BCUT2D eigenvalue weighted by molar-refractivity contribution is 7.10. The molecule has 0 radical (unpaired) electrons. The first kappa shape index (κ1) is 13.5. The normalized spacial score (nSPS) is 10.5. The maximum atomic E-state index is 12.1. The van der Waals surface area contributed by atoms with Crippen molar-refractivity contribution in [3.05, 3.63) is 28.3 Å². The molecule has 0 fully saturated rings. The Bertz CT molecular complexity index is 584. The average molecular weight is 281 g/mol. The Morgan fingerprint density at radius 2 is 2.11 bits per heavy atom. The van der Waals surface area contributed by atoms with E-state index < -0.39 is 5.97 Å². The summed E-state index contributed by atoms with van der Waals surface area (Å²) >= 11 is 1.24. The second-order valence-corrected chi connectivity index (χ2v) is 4.87. The standard InChI is InChI=1S/C12H15N3O3S/c1-6-9(8(3)18-14-6)5-17-12(16)10-7(2)15-19-11(10)13-4/h13H,5H2,1-4H3. The Morgan fingerprint density at radius 1 is 1.37 bits per heavy atom. The molecule has 6 nitrogen and oxygen atoms in total. The number of anilines is 1. The minimum Gasteiger partial charge on any atom is -0.457 e. The van der Waals surface area contributed by atoms with E-state index in [-0.39, 0.29) is 6.61 Å². The van der Waals surface area contributed by atoms with Crippen molar-refractivity contribution in [3.8, 4) is 0 Å². The van der Waals surface area contributed by atoms with Crippen molar-refractivity contribution in [2.75, 3.05) is 12.4 Å². The van der Waals surface area contributed by atoms with E-state index in [1.807, 2.05) is 6.92 Å². The van der Waals surface area contributed by atoms with Gasteiger partial charge in [0.1, 0.15) is 22.9 Å². The van der Waals surface area contributed by atoms with Gasteiger partial charge >= 0.3 is 5.97 Å². The molecule has 0 atom stereocenters. The molecule has 0 bridgehead atoms. The zero-order valence-electron chi connectivity index (χ0n) is 11.2. The van der Waals surface area contributed by atoms with E-state index in [1.165, 1.54) is 11.5 Å². The van der Waals surface area contributed by atoms with Gasteiger partial charge < -0.3 is 14.6 Å². The molecular formula is C12H15N3O3S. The van der Waals surface area contributed by atoms with Crippen molar-refractivity contribution >= 4 is 22.5 Å². The Morgan fingerprint density at radius 3 is 2.68 bits per heavy atom. The lowest BCUT2D eigenvalue weighted by molar-refractivity contribution is 0.0471. The third-order valence-corrected chi connectivity index (χ3v) is 3.78. The molecule has 2 aromatic heterocycles. The number of aromatic nitrogens is 2. The first-order valence-corrected chi connectivity index (χ1v) is 6.54. The third kappa shape index (κ3) is 2.60. The highest BCUT2D eigenvalue weighted by Crippen LogP contribution is 2.25. The van der Waals surface area contributed by atoms with E-state index in [2.05, 4.69) is 14.8 Å². The highest BCUT2D eigenvalue weighted by Gasteiger charge is 2.20. The predicted octanol–water partition coefficient (Wildman–Crippen LogP) is 2.46. The molecule has 102 valence electrons. The SMILES string of the molecule is CNc1snc(C)c1C(=O)OCc1c(C)noc1C. The van der Waals surface area contributed by atoms with Crippen LogP contribution in [0.3, 0.4) is 0 Å². The zero-order valence-corrected chi connectivity index (χ0v) is 12.1. The summed E-state index contributed by atoms with van der Waals surface area (Å²) in [5.74, 6) is 0.273. The van der Waals surface area contributed by atoms with Crippen LogP contribution >= 0.6 is 11.5 Å². The molecule has 7 heteroatoms. The van der Waals surface area contributed by atoms with E-state index in [0.29, 0.717) is 22.0 Å². The van der Waals surface area contributed by atoms with Crippen molar-refractivity contribution in [1.29, 1.82) is 0 Å². The van der Waals surface area contributed by atoms with Gasteiger partial charge in [-0.25, -0.2) is 4.79 Å². The molecule has 2 aromatic rings. The molecular weight excluding hydrogens is 266 g/mol. The Balaban J connectivity index is 2.12. The lowest BCUT2D eigenvalue weighted by Gasteiger charge is -2.05. The first-order chi connectivity index (χ1) is 9.04. The van der Waals surface area contributed by atoms with Crippen LogP contribution in [0.25, 0.3) is 0 Å². The fraction of sp³-hybridized carbons (Fsp3) is 0.417. The molecule has 0 spiro atoms. The average Bonchev–Trinajstić information content (AvgIpc) is 2.91. The largest absolute Gasteiger partial charge is 0.457 e. The molecule has 0 unspecified atom stereocenters. The first-order valence-electron chi connectivity index (χ1n) is 5.77. The molecule has 1 N–H and O–H groups in total. The smallest absolute Gasteiger partial charge is 0.343 e. The summed E-state index contributed by atoms with van der Waals surface area (Å²) in [5, 5.41) is 7.47. The molecule has 0 aliphatic rings. The fourth-order valence-electron chi connectivity index (χ4n) is 1.70. The number of nitrogens with one attached hydrogen (secondary N) is 1. The highest BCUT2D eigenvalue weighted by atomic mass is 32.1. The van der Waals surface area contributed by atoms with Crippen molar-refractivity contribution in [2.45, 2.75) is 27.4 Å². The number of carbonyl (C=O) groups is 1. The topological polar surface area (TPSA) is 77.2 Å². The summed E-state index contributed by atoms with van der Waals surface area (Å²) < 4.78 is 14.5. The fourth-order valence-corrected chi connectivity index (χ4v) is 2.43. The quantitative estimate of drug-likeness (QED) is 0.867. The van der Waals surface area contributed by atoms with Crippen LogP contribution in [-0.2, 0) is 11.3 Å². The van der Waals surface area contributed by atoms with Crippen molar-refractivity contribution < 1.29 is 14.1 Å². The van der Waals surface area contributed by atoms with Crippen LogP contribution in [0.4, 0.5) is 5.00 Å². The molecule has 2 rings (SSSR count). The zero-order chi connectivity index (χ0) is 14.0. The Labute approximate surface area is 114 Å². The van der Waals surface area contributed by atoms with Crippen LogP contribution in [0, 0.1) is 20.8 Å². The number of aryl methyl sites for hydroxylation is 3. The number of hydrogen-bond acceptors (Lipinski definition) is 7. The van der Waals surface area contributed by atoms with Gasteiger partial charge in [-0.1, -0.05) is 5.16 Å². The van der Waals surface area contributed by atoms with E-state index >= 15 is 0 Å². The maximum absolute atomic E-state index is 12.1. The maximum Gasteiger partial charge on any atom is 0.343 e. The number of ether oxygens (including phenoxy) is 1. The molecule has 0 aromatic carbocycles. The monoisotopic (exact) mass is 281 g/mol. The minimum absolute atomic E-state index is 0.151. The van der Waals surface area contributed by atoms with Gasteiger partial charge in [0, 0.05) is 7.05 Å². The number of hydrogen-bond donors (Lipinski definition) is 1. The van der Waals surface area contributed by atoms with E-state index in [4.69, 9.17) is 9.26 Å². The number of rotatable bonds is 4. The second kappa shape index (κ2) is 5.40. The summed E-state index contributed by atoms with van der Waals surface area (Å²) in [5.41, 5.74) is 2.69. The van der Waals surface area contributed by atoms with Gasteiger partial charge in [-0.2, -0.15) is 4.37 Å². The lowest BCUT2D eigenvalue weighted by atomic mass is 10.2. The van der Waals surface area contributed by atoms with Crippen LogP contribution in [-0.4, -0.2) is 22.5 Å². The molecule has 0 saturated heterocycles. The summed E-state index contributed by atoms with van der Waals surface area (Å²) in [4.78, 5) is 12.1. The summed E-state index contributed by atoms with van der Waals surface area (Å²) in [6.07, 6.45) is 0. The molecule has 0 saturated carbocycles. The number of carbonyl (C=O) groups excluding carboxylic acids is 1. The van der Waals surface area contributed by atoms with Gasteiger partial charge in [0.25, 0.3) is 0 Å². The second-order valence-electron chi connectivity index (χ2n) is 4.10. The van der Waals surface area contributed by atoms with Crippen LogP contribution < -0.4 is 5.32 Å². The predicted molar refractivity (Wildman–Crippen MR) is 71.5 cm³/mol. The van der Waals surface area contributed by atoms with E-state index in [0.717, 1.165) is 11.3 Å². The van der Waals surface area contributed by atoms with Gasteiger partial charge in [-0.3, -0.25) is 0 Å².